The fourth-order valence-electron chi connectivity index (χ4n) is 7.53. The van der Waals surface area contributed by atoms with Gasteiger partial charge in [0.2, 0.25) is 0 Å². The van der Waals surface area contributed by atoms with Crippen LogP contribution in [0.3, 0.4) is 0 Å². The molecule has 0 bridgehead atoms. The van der Waals surface area contributed by atoms with E-state index in [0.717, 1.165) is 83.1 Å². The Morgan fingerprint density at radius 3 is 1.51 bits per heavy atom. The van der Waals surface area contributed by atoms with Crippen molar-refractivity contribution in [2.24, 2.45) is 0 Å². The van der Waals surface area contributed by atoms with Crippen molar-refractivity contribution in [1.82, 2.24) is 15.0 Å². The average molecular weight is 729 g/mol. The van der Waals surface area contributed by atoms with Gasteiger partial charge in [-0.05, 0) is 75.3 Å². The molecule has 10 rings (SSSR count). The van der Waals surface area contributed by atoms with E-state index >= 15 is 0 Å². The van der Waals surface area contributed by atoms with E-state index in [-0.39, 0.29) is 0 Å². The summed E-state index contributed by atoms with van der Waals surface area (Å²) >= 11 is 0. The molecule has 0 saturated heterocycles. The van der Waals surface area contributed by atoms with Crippen molar-refractivity contribution < 1.29 is 4.42 Å². The molecule has 2 aromatic heterocycles. The van der Waals surface area contributed by atoms with Crippen molar-refractivity contribution in [1.29, 1.82) is 5.26 Å². The van der Waals surface area contributed by atoms with Gasteiger partial charge in [0.15, 0.2) is 17.5 Å². The number of aromatic nitrogens is 3. The van der Waals surface area contributed by atoms with E-state index < -0.39 is 0 Å². The van der Waals surface area contributed by atoms with E-state index in [1.807, 2.05) is 97.1 Å². The van der Waals surface area contributed by atoms with Crippen molar-refractivity contribution >= 4 is 21.9 Å². The summed E-state index contributed by atoms with van der Waals surface area (Å²) in [5, 5.41) is 11.5. The van der Waals surface area contributed by atoms with Crippen LogP contribution < -0.4 is 0 Å². The first-order valence-electron chi connectivity index (χ1n) is 18.8. The highest BCUT2D eigenvalue weighted by Gasteiger charge is 2.19. The first kappa shape index (κ1) is 33.6. The van der Waals surface area contributed by atoms with Crippen LogP contribution in [0.1, 0.15) is 5.56 Å². The Balaban J connectivity index is 1.14. The standard InChI is InChI=1S/C52H32N4O/c53-33-34-12-10-19-40(30-34)36-22-24-39(25-23-36)50-54-51(42-21-11-20-41(31-42)35-13-4-1-5-14-35)56-52(55-50)43-26-27-46-47(32-43)57-49-45(38-17-8-3-9-18-38)29-28-44(48(46)49)37-15-6-2-7-16-37/h1-32H. The zero-order valence-electron chi connectivity index (χ0n) is 30.7. The van der Waals surface area contributed by atoms with Gasteiger partial charge >= 0.3 is 0 Å². The highest BCUT2D eigenvalue weighted by atomic mass is 16.3. The summed E-state index contributed by atoms with van der Waals surface area (Å²) < 4.78 is 6.84. The van der Waals surface area contributed by atoms with Crippen LogP contribution in [0.15, 0.2) is 199 Å². The van der Waals surface area contributed by atoms with Gasteiger partial charge in [-0.3, -0.25) is 0 Å². The van der Waals surface area contributed by atoms with Gasteiger partial charge in [0, 0.05) is 33.0 Å². The van der Waals surface area contributed by atoms with Crippen LogP contribution in [-0.2, 0) is 0 Å². The SMILES string of the molecule is N#Cc1cccc(-c2ccc(-c3nc(-c4cccc(-c5ccccc5)c4)nc(-c4ccc5c(c4)oc4c(-c6ccccc6)ccc(-c6ccccc6)c45)n3)cc2)c1. The van der Waals surface area contributed by atoms with Gasteiger partial charge in [-0.25, -0.2) is 15.0 Å². The third-order valence-corrected chi connectivity index (χ3v) is 10.4. The average Bonchev–Trinajstić information content (AvgIpc) is 3.69. The number of nitriles is 1. The second-order valence-corrected chi connectivity index (χ2v) is 13.9. The van der Waals surface area contributed by atoms with Gasteiger partial charge in [0.05, 0.1) is 11.6 Å². The number of rotatable bonds is 7. The van der Waals surface area contributed by atoms with Gasteiger partial charge in [-0.15, -0.1) is 0 Å². The fraction of sp³-hybridized carbons (Fsp3) is 0. The molecule has 0 atom stereocenters. The minimum absolute atomic E-state index is 0.542. The molecule has 0 fully saturated rings. The van der Waals surface area contributed by atoms with Gasteiger partial charge in [-0.2, -0.15) is 5.26 Å². The number of hydrogen-bond acceptors (Lipinski definition) is 5. The quantitative estimate of drug-likeness (QED) is 0.163. The molecule has 5 heteroatoms. The number of benzene rings is 8. The molecular weight excluding hydrogens is 697 g/mol. The predicted molar refractivity (Wildman–Crippen MR) is 230 cm³/mol. The van der Waals surface area contributed by atoms with Crippen molar-refractivity contribution in [3.63, 3.8) is 0 Å². The van der Waals surface area contributed by atoms with Crippen LogP contribution in [0.5, 0.6) is 0 Å². The number of fused-ring (bicyclic) bond motifs is 3. The predicted octanol–water partition coefficient (Wildman–Crippen LogP) is 13.3. The summed E-state index contributed by atoms with van der Waals surface area (Å²) in [5.41, 5.74) is 13.3. The number of hydrogen-bond donors (Lipinski definition) is 0. The van der Waals surface area contributed by atoms with E-state index in [9.17, 15) is 5.26 Å². The summed E-state index contributed by atoms with van der Waals surface area (Å²) in [7, 11) is 0. The highest BCUT2D eigenvalue weighted by molar-refractivity contribution is 6.16. The van der Waals surface area contributed by atoms with Gasteiger partial charge in [0.25, 0.3) is 0 Å². The summed E-state index contributed by atoms with van der Waals surface area (Å²) in [4.78, 5) is 15.3. The van der Waals surface area contributed by atoms with Crippen LogP contribution in [0.4, 0.5) is 0 Å². The van der Waals surface area contributed by atoms with Crippen LogP contribution >= 0.6 is 0 Å². The lowest BCUT2D eigenvalue weighted by Crippen LogP contribution is -2.00. The Kier molecular flexibility index (Phi) is 8.48. The van der Waals surface area contributed by atoms with Crippen molar-refractivity contribution in [3.05, 3.63) is 200 Å². The molecule has 0 aliphatic carbocycles. The molecule has 0 radical (unpaired) electrons. The second-order valence-electron chi connectivity index (χ2n) is 13.9. The van der Waals surface area contributed by atoms with E-state index in [4.69, 9.17) is 19.4 Å². The highest BCUT2D eigenvalue weighted by Crippen LogP contribution is 2.42. The van der Waals surface area contributed by atoms with Crippen LogP contribution in [0.25, 0.3) is 101 Å². The van der Waals surface area contributed by atoms with Crippen molar-refractivity contribution in [2.45, 2.75) is 0 Å². The topological polar surface area (TPSA) is 75.6 Å². The van der Waals surface area contributed by atoms with E-state index in [0.29, 0.717) is 23.0 Å². The van der Waals surface area contributed by atoms with Crippen molar-refractivity contribution in [3.8, 4) is 84.7 Å². The molecule has 266 valence electrons. The molecule has 0 N–H and O–H groups in total. The molecule has 8 aromatic carbocycles. The molecule has 0 amide bonds. The smallest absolute Gasteiger partial charge is 0.164 e. The Hall–Kier alpha value is -7.94. The molecule has 0 aliphatic rings. The molecular formula is C52H32N4O. The lowest BCUT2D eigenvalue weighted by Gasteiger charge is -2.10. The molecule has 0 saturated carbocycles. The molecule has 0 aliphatic heterocycles. The Morgan fingerprint density at radius 1 is 0.368 bits per heavy atom. The van der Waals surface area contributed by atoms with Gasteiger partial charge in [0.1, 0.15) is 11.2 Å². The number of furan rings is 1. The summed E-state index contributed by atoms with van der Waals surface area (Å²) in [5.74, 6) is 1.67. The fourth-order valence-corrected chi connectivity index (χ4v) is 7.53. The van der Waals surface area contributed by atoms with E-state index in [1.165, 1.54) is 0 Å². The maximum atomic E-state index is 9.46. The van der Waals surface area contributed by atoms with Crippen molar-refractivity contribution in [2.75, 3.05) is 0 Å². The lowest BCUT2D eigenvalue weighted by atomic mass is 9.94. The third-order valence-electron chi connectivity index (χ3n) is 10.4. The maximum Gasteiger partial charge on any atom is 0.164 e. The first-order valence-corrected chi connectivity index (χ1v) is 18.8. The zero-order valence-corrected chi connectivity index (χ0v) is 30.7. The van der Waals surface area contributed by atoms with Crippen LogP contribution in [0, 0.1) is 11.3 Å². The van der Waals surface area contributed by atoms with E-state index in [2.05, 4.69) is 103 Å². The van der Waals surface area contributed by atoms with Gasteiger partial charge < -0.3 is 4.42 Å². The lowest BCUT2D eigenvalue weighted by molar-refractivity contribution is 0.670. The van der Waals surface area contributed by atoms with Crippen LogP contribution in [0.2, 0.25) is 0 Å². The summed E-state index contributed by atoms with van der Waals surface area (Å²) in [6, 6.07) is 68.0. The largest absolute Gasteiger partial charge is 0.455 e. The second kappa shape index (κ2) is 14.4. The third kappa shape index (κ3) is 6.42. The molecule has 2 heterocycles. The zero-order chi connectivity index (χ0) is 38.1. The minimum Gasteiger partial charge on any atom is -0.455 e. The van der Waals surface area contributed by atoms with Crippen LogP contribution in [-0.4, -0.2) is 15.0 Å². The van der Waals surface area contributed by atoms with E-state index in [1.54, 1.807) is 0 Å². The molecule has 10 aromatic rings. The maximum absolute atomic E-state index is 9.46. The monoisotopic (exact) mass is 728 g/mol. The Labute approximate surface area is 329 Å². The minimum atomic E-state index is 0.542. The van der Waals surface area contributed by atoms with Gasteiger partial charge in [-0.1, -0.05) is 158 Å². The molecule has 0 unspecified atom stereocenters. The molecule has 57 heavy (non-hydrogen) atoms. The Morgan fingerprint density at radius 2 is 0.842 bits per heavy atom. The summed E-state index contributed by atoms with van der Waals surface area (Å²) in [6.45, 7) is 0. The normalized spacial score (nSPS) is 11.1. The number of nitrogens with zero attached hydrogens (tertiary/aromatic N) is 4. The Bertz CT molecular complexity index is 3110. The first-order chi connectivity index (χ1) is 28.2. The molecule has 0 spiro atoms. The summed E-state index contributed by atoms with van der Waals surface area (Å²) in [6.07, 6.45) is 0. The molecule has 5 nitrogen and oxygen atoms in total.